The van der Waals surface area contributed by atoms with Gasteiger partial charge in [-0.05, 0) is 19.9 Å². The van der Waals surface area contributed by atoms with Crippen LogP contribution in [0.15, 0.2) is 0 Å². The first-order valence-corrected chi connectivity index (χ1v) is 5.14. The van der Waals surface area contributed by atoms with Gasteiger partial charge in [0.2, 0.25) is 5.91 Å². The van der Waals surface area contributed by atoms with Crippen LogP contribution in [-0.2, 0) is 9.53 Å². The lowest BCUT2D eigenvalue weighted by molar-refractivity contribution is -0.121. The van der Waals surface area contributed by atoms with E-state index in [1.54, 1.807) is 7.11 Å². The Morgan fingerprint density at radius 2 is 2.21 bits per heavy atom. The van der Waals surface area contributed by atoms with E-state index in [-0.39, 0.29) is 5.91 Å². The van der Waals surface area contributed by atoms with E-state index in [2.05, 4.69) is 5.32 Å². The summed E-state index contributed by atoms with van der Waals surface area (Å²) in [6, 6.07) is 0. The molecule has 0 radical (unpaired) electrons. The summed E-state index contributed by atoms with van der Waals surface area (Å²) >= 11 is 0. The van der Waals surface area contributed by atoms with Crippen molar-refractivity contribution in [3.05, 3.63) is 0 Å². The van der Waals surface area contributed by atoms with Crippen molar-refractivity contribution in [2.24, 2.45) is 0 Å². The minimum atomic E-state index is 0.103. The summed E-state index contributed by atoms with van der Waals surface area (Å²) in [6.45, 7) is 4.94. The van der Waals surface area contributed by atoms with E-state index in [0.717, 1.165) is 32.5 Å². The topological polar surface area (TPSA) is 41.6 Å². The molecule has 0 atom stereocenters. The molecule has 84 valence electrons. The van der Waals surface area contributed by atoms with Crippen molar-refractivity contribution < 1.29 is 9.53 Å². The van der Waals surface area contributed by atoms with Gasteiger partial charge in [0.1, 0.15) is 0 Å². The molecule has 0 saturated heterocycles. The maximum absolute atomic E-state index is 11.3. The lowest BCUT2D eigenvalue weighted by Gasteiger charge is -2.15. The molecule has 0 aliphatic rings. The first kappa shape index (κ1) is 13.4. The number of hydrogen-bond acceptors (Lipinski definition) is 3. The summed E-state index contributed by atoms with van der Waals surface area (Å²) < 4.78 is 4.93. The zero-order valence-corrected chi connectivity index (χ0v) is 9.51. The fourth-order valence-electron chi connectivity index (χ4n) is 1.12. The Morgan fingerprint density at radius 3 is 2.79 bits per heavy atom. The molecule has 0 fully saturated rings. The van der Waals surface area contributed by atoms with Crippen LogP contribution in [0.4, 0.5) is 0 Å². The number of rotatable bonds is 8. The van der Waals surface area contributed by atoms with E-state index in [4.69, 9.17) is 4.74 Å². The molecule has 0 aromatic rings. The van der Waals surface area contributed by atoms with E-state index in [9.17, 15) is 4.79 Å². The average Bonchev–Trinajstić information content (AvgIpc) is 2.15. The van der Waals surface area contributed by atoms with Gasteiger partial charge in [-0.25, -0.2) is 0 Å². The summed E-state index contributed by atoms with van der Waals surface area (Å²) in [4.78, 5) is 13.3. The summed E-state index contributed by atoms with van der Waals surface area (Å²) in [5.41, 5.74) is 0. The Labute approximate surface area is 86.6 Å². The Bertz CT molecular complexity index is 151. The molecular formula is C10H22N2O2. The van der Waals surface area contributed by atoms with Gasteiger partial charge in [0.05, 0.1) is 6.54 Å². The van der Waals surface area contributed by atoms with Crippen LogP contribution < -0.4 is 5.32 Å². The quantitative estimate of drug-likeness (QED) is 0.582. The van der Waals surface area contributed by atoms with Gasteiger partial charge in [-0.3, -0.25) is 9.69 Å². The number of hydrogen-bond donors (Lipinski definition) is 1. The van der Waals surface area contributed by atoms with Gasteiger partial charge in [0, 0.05) is 26.8 Å². The van der Waals surface area contributed by atoms with E-state index in [1.165, 1.54) is 0 Å². The Kier molecular flexibility index (Phi) is 8.57. The molecule has 0 spiro atoms. The SMILES string of the molecule is CCCNC(=O)CN(C)CCCOC. The highest BCUT2D eigenvalue weighted by molar-refractivity contribution is 5.77. The van der Waals surface area contributed by atoms with E-state index < -0.39 is 0 Å². The number of nitrogens with one attached hydrogen (secondary N) is 1. The van der Waals surface area contributed by atoms with Gasteiger partial charge in [0.15, 0.2) is 0 Å². The highest BCUT2D eigenvalue weighted by atomic mass is 16.5. The zero-order valence-electron chi connectivity index (χ0n) is 9.51. The third-order valence-electron chi connectivity index (χ3n) is 1.87. The standard InChI is InChI=1S/C10H22N2O2/c1-4-6-11-10(13)9-12(2)7-5-8-14-3/h4-9H2,1-3H3,(H,11,13). The van der Waals surface area contributed by atoms with Crippen LogP contribution in [-0.4, -0.2) is 51.2 Å². The summed E-state index contributed by atoms with van der Waals surface area (Å²) in [7, 11) is 3.63. The second-order valence-electron chi connectivity index (χ2n) is 3.43. The van der Waals surface area contributed by atoms with Crippen molar-refractivity contribution in [2.45, 2.75) is 19.8 Å². The molecule has 0 bridgehead atoms. The Morgan fingerprint density at radius 1 is 1.50 bits per heavy atom. The molecule has 0 saturated carbocycles. The minimum absolute atomic E-state index is 0.103. The smallest absolute Gasteiger partial charge is 0.234 e. The maximum Gasteiger partial charge on any atom is 0.234 e. The van der Waals surface area contributed by atoms with Crippen molar-refractivity contribution in [1.82, 2.24) is 10.2 Å². The molecule has 0 aromatic carbocycles. The Hall–Kier alpha value is -0.610. The molecule has 4 nitrogen and oxygen atoms in total. The minimum Gasteiger partial charge on any atom is -0.385 e. The van der Waals surface area contributed by atoms with Crippen molar-refractivity contribution in [1.29, 1.82) is 0 Å². The highest BCUT2D eigenvalue weighted by Crippen LogP contribution is 1.87. The van der Waals surface area contributed by atoms with E-state index >= 15 is 0 Å². The molecule has 1 N–H and O–H groups in total. The predicted molar refractivity (Wildman–Crippen MR) is 57.3 cm³/mol. The molecule has 0 heterocycles. The van der Waals surface area contributed by atoms with Gasteiger partial charge < -0.3 is 10.1 Å². The summed E-state index contributed by atoms with van der Waals surface area (Å²) in [6.07, 6.45) is 1.95. The molecule has 14 heavy (non-hydrogen) atoms. The van der Waals surface area contributed by atoms with Crippen molar-refractivity contribution in [2.75, 3.05) is 40.4 Å². The van der Waals surface area contributed by atoms with Crippen LogP contribution >= 0.6 is 0 Å². The zero-order chi connectivity index (χ0) is 10.8. The number of likely N-dealkylation sites (N-methyl/N-ethyl adjacent to an activating group) is 1. The fraction of sp³-hybridized carbons (Fsp3) is 0.900. The average molecular weight is 202 g/mol. The van der Waals surface area contributed by atoms with Gasteiger partial charge in [-0.1, -0.05) is 6.92 Å². The first-order valence-electron chi connectivity index (χ1n) is 5.14. The van der Waals surface area contributed by atoms with Crippen molar-refractivity contribution >= 4 is 5.91 Å². The molecular weight excluding hydrogens is 180 g/mol. The maximum atomic E-state index is 11.3. The number of methoxy groups -OCH3 is 1. The number of carbonyl (C=O) groups excluding carboxylic acids is 1. The third-order valence-corrected chi connectivity index (χ3v) is 1.87. The summed E-state index contributed by atoms with van der Waals surface area (Å²) in [5.74, 6) is 0.103. The molecule has 0 aromatic heterocycles. The predicted octanol–water partition coefficient (Wildman–Crippen LogP) is 0.481. The third kappa shape index (κ3) is 8.01. The van der Waals surface area contributed by atoms with E-state index in [0.29, 0.717) is 6.54 Å². The van der Waals surface area contributed by atoms with E-state index in [1.807, 2.05) is 18.9 Å². The van der Waals surface area contributed by atoms with Crippen LogP contribution in [0, 0.1) is 0 Å². The molecule has 0 unspecified atom stereocenters. The number of ether oxygens (including phenoxy) is 1. The highest BCUT2D eigenvalue weighted by Gasteiger charge is 2.04. The fourth-order valence-corrected chi connectivity index (χ4v) is 1.12. The normalized spacial score (nSPS) is 10.6. The Balaban J connectivity index is 3.40. The molecule has 0 aliphatic heterocycles. The van der Waals surface area contributed by atoms with Gasteiger partial charge in [-0.2, -0.15) is 0 Å². The molecule has 0 rings (SSSR count). The van der Waals surface area contributed by atoms with Gasteiger partial charge in [0.25, 0.3) is 0 Å². The number of nitrogens with zero attached hydrogens (tertiary/aromatic N) is 1. The molecule has 4 heteroatoms. The number of amides is 1. The lowest BCUT2D eigenvalue weighted by Crippen LogP contribution is -2.36. The van der Waals surface area contributed by atoms with Crippen molar-refractivity contribution in [3.8, 4) is 0 Å². The monoisotopic (exact) mass is 202 g/mol. The summed E-state index contributed by atoms with van der Waals surface area (Å²) in [5, 5.41) is 2.84. The first-order chi connectivity index (χ1) is 6.70. The van der Waals surface area contributed by atoms with Gasteiger partial charge in [-0.15, -0.1) is 0 Å². The number of carbonyl (C=O) groups is 1. The van der Waals surface area contributed by atoms with Crippen LogP contribution in [0.1, 0.15) is 19.8 Å². The second-order valence-corrected chi connectivity index (χ2v) is 3.43. The van der Waals surface area contributed by atoms with Crippen LogP contribution in [0.25, 0.3) is 0 Å². The van der Waals surface area contributed by atoms with Crippen LogP contribution in [0.5, 0.6) is 0 Å². The molecule has 1 amide bonds. The lowest BCUT2D eigenvalue weighted by atomic mass is 10.4. The van der Waals surface area contributed by atoms with Gasteiger partial charge >= 0.3 is 0 Å². The van der Waals surface area contributed by atoms with Crippen molar-refractivity contribution in [3.63, 3.8) is 0 Å². The second kappa shape index (κ2) is 8.97. The molecule has 0 aliphatic carbocycles. The van der Waals surface area contributed by atoms with Crippen LogP contribution in [0.2, 0.25) is 0 Å². The van der Waals surface area contributed by atoms with Crippen LogP contribution in [0.3, 0.4) is 0 Å². The largest absolute Gasteiger partial charge is 0.385 e.